The van der Waals surface area contributed by atoms with E-state index in [1.54, 1.807) is 0 Å². The summed E-state index contributed by atoms with van der Waals surface area (Å²) in [6, 6.07) is 0.317. The maximum atomic E-state index is 5.79. The monoisotopic (exact) mass is 227 g/mol. The minimum atomic E-state index is -0.0631. The summed E-state index contributed by atoms with van der Waals surface area (Å²) in [5.41, 5.74) is 1.28. The summed E-state index contributed by atoms with van der Waals surface area (Å²) in [7, 11) is 1.83. The number of rotatable bonds is 8. The van der Waals surface area contributed by atoms with E-state index in [0.717, 1.165) is 25.8 Å². The first-order valence-electron chi connectivity index (χ1n) is 6.49. The van der Waals surface area contributed by atoms with Crippen LogP contribution in [-0.4, -0.2) is 25.3 Å². The zero-order chi connectivity index (χ0) is 12.6. The van der Waals surface area contributed by atoms with Gasteiger partial charge in [0.2, 0.25) is 0 Å². The number of hydrogen-bond donors (Lipinski definition) is 1. The lowest BCUT2D eigenvalue weighted by atomic mass is 9.87. The average molecular weight is 227 g/mol. The molecule has 2 heteroatoms. The van der Waals surface area contributed by atoms with E-state index in [0.29, 0.717) is 6.04 Å². The third-order valence-corrected chi connectivity index (χ3v) is 3.28. The van der Waals surface area contributed by atoms with Crippen LogP contribution in [0.1, 0.15) is 53.9 Å². The molecule has 0 aromatic heterocycles. The van der Waals surface area contributed by atoms with Crippen molar-refractivity contribution in [1.29, 1.82) is 0 Å². The molecule has 1 N–H and O–H groups in total. The molecule has 0 heterocycles. The van der Waals surface area contributed by atoms with Crippen molar-refractivity contribution in [2.75, 3.05) is 13.7 Å². The SMILES string of the molecule is CCCNC(C=C(C)C)C(CC)(CC)OC. The van der Waals surface area contributed by atoms with Crippen LogP contribution >= 0.6 is 0 Å². The summed E-state index contributed by atoms with van der Waals surface area (Å²) in [6.07, 6.45) is 5.52. The summed E-state index contributed by atoms with van der Waals surface area (Å²) >= 11 is 0. The third kappa shape index (κ3) is 4.26. The van der Waals surface area contributed by atoms with E-state index < -0.39 is 0 Å². The largest absolute Gasteiger partial charge is 0.376 e. The van der Waals surface area contributed by atoms with Gasteiger partial charge in [0.1, 0.15) is 0 Å². The Balaban J connectivity index is 4.88. The topological polar surface area (TPSA) is 21.3 Å². The molecule has 0 rings (SSSR count). The summed E-state index contributed by atoms with van der Waals surface area (Å²) in [6.45, 7) is 11.9. The van der Waals surface area contributed by atoms with Crippen LogP contribution in [0.4, 0.5) is 0 Å². The van der Waals surface area contributed by atoms with Gasteiger partial charge < -0.3 is 10.1 Å². The summed E-state index contributed by atoms with van der Waals surface area (Å²) < 4.78 is 5.79. The van der Waals surface area contributed by atoms with Gasteiger partial charge in [-0.2, -0.15) is 0 Å². The van der Waals surface area contributed by atoms with Crippen LogP contribution in [0.5, 0.6) is 0 Å². The fourth-order valence-electron chi connectivity index (χ4n) is 2.14. The molecule has 0 aliphatic carbocycles. The van der Waals surface area contributed by atoms with Gasteiger partial charge in [0.15, 0.2) is 0 Å². The highest BCUT2D eigenvalue weighted by Crippen LogP contribution is 2.25. The molecular formula is C14H29NO. The first-order valence-corrected chi connectivity index (χ1v) is 6.49. The summed E-state index contributed by atoms with van der Waals surface area (Å²) in [4.78, 5) is 0. The van der Waals surface area contributed by atoms with Crippen molar-refractivity contribution in [3.05, 3.63) is 11.6 Å². The predicted molar refractivity (Wildman–Crippen MR) is 71.8 cm³/mol. The molecule has 0 saturated carbocycles. The Kier molecular flexibility index (Phi) is 7.69. The van der Waals surface area contributed by atoms with E-state index >= 15 is 0 Å². The quantitative estimate of drug-likeness (QED) is 0.641. The molecule has 0 fully saturated rings. The minimum absolute atomic E-state index is 0.0631. The molecule has 16 heavy (non-hydrogen) atoms. The van der Waals surface area contributed by atoms with E-state index in [1.165, 1.54) is 5.57 Å². The Hall–Kier alpha value is -0.340. The molecule has 0 amide bonds. The molecule has 0 bridgehead atoms. The summed E-state index contributed by atoms with van der Waals surface area (Å²) in [5, 5.41) is 3.59. The normalized spacial score (nSPS) is 13.6. The van der Waals surface area contributed by atoms with Gasteiger partial charge in [-0.05, 0) is 39.7 Å². The van der Waals surface area contributed by atoms with E-state index in [9.17, 15) is 0 Å². The van der Waals surface area contributed by atoms with Crippen molar-refractivity contribution in [2.24, 2.45) is 0 Å². The molecule has 0 aromatic carbocycles. The predicted octanol–water partition coefficient (Wildman–Crippen LogP) is 3.53. The van der Waals surface area contributed by atoms with Crippen LogP contribution in [0.3, 0.4) is 0 Å². The average Bonchev–Trinajstić information content (AvgIpc) is 2.28. The molecule has 0 saturated heterocycles. The second-order valence-electron chi connectivity index (χ2n) is 4.65. The van der Waals surface area contributed by atoms with Crippen LogP contribution in [0, 0.1) is 0 Å². The van der Waals surface area contributed by atoms with Gasteiger partial charge in [0.05, 0.1) is 11.6 Å². The van der Waals surface area contributed by atoms with Gasteiger partial charge in [-0.1, -0.05) is 32.4 Å². The lowest BCUT2D eigenvalue weighted by molar-refractivity contribution is -0.0352. The van der Waals surface area contributed by atoms with Crippen LogP contribution < -0.4 is 5.32 Å². The molecule has 0 spiro atoms. The first kappa shape index (κ1) is 15.7. The van der Waals surface area contributed by atoms with Crippen molar-refractivity contribution in [3.8, 4) is 0 Å². The van der Waals surface area contributed by atoms with Crippen LogP contribution in [0.15, 0.2) is 11.6 Å². The van der Waals surface area contributed by atoms with Crippen molar-refractivity contribution >= 4 is 0 Å². The number of hydrogen-bond acceptors (Lipinski definition) is 2. The molecule has 0 aliphatic rings. The Morgan fingerprint density at radius 1 is 1.25 bits per heavy atom. The number of allylic oxidation sites excluding steroid dienone is 1. The zero-order valence-electron chi connectivity index (χ0n) is 11.9. The van der Waals surface area contributed by atoms with Gasteiger partial charge in [-0.25, -0.2) is 0 Å². The smallest absolute Gasteiger partial charge is 0.0861 e. The van der Waals surface area contributed by atoms with E-state index in [1.807, 2.05) is 7.11 Å². The zero-order valence-corrected chi connectivity index (χ0v) is 11.9. The Bertz CT molecular complexity index is 195. The number of ether oxygens (including phenoxy) is 1. The second kappa shape index (κ2) is 7.86. The molecule has 96 valence electrons. The molecule has 1 atom stereocenters. The van der Waals surface area contributed by atoms with Crippen molar-refractivity contribution in [2.45, 2.75) is 65.5 Å². The maximum Gasteiger partial charge on any atom is 0.0861 e. The van der Waals surface area contributed by atoms with Crippen LogP contribution in [-0.2, 0) is 4.74 Å². The second-order valence-corrected chi connectivity index (χ2v) is 4.65. The van der Waals surface area contributed by atoms with Crippen molar-refractivity contribution in [1.82, 2.24) is 5.32 Å². The Labute approximate surface area is 101 Å². The fourth-order valence-corrected chi connectivity index (χ4v) is 2.14. The van der Waals surface area contributed by atoms with Gasteiger partial charge in [0, 0.05) is 7.11 Å². The van der Waals surface area contributed by atoms with Crippen LogP contribution in [0.25, 0.3) is 0 Å². The Morgan fingerprint density at radius 3 is 2.12 bits per heavy atom. The minimum Gasteiger partial charge on any atom is -0.376 e. The van der Waals surface area contributed by atoms with Gasteiger partial charge in [-0.3, -0.25) is 0 Å². The van der Waals surface area contributed by atoms with Crippen LogP contribution in [0.2, 0.25) is 0 Å². The fraction of sp³-hybridized carbons (Fsp3) is 0.857. The van der Waals surface area contributed by atoms with Gasteiger partial charge in [0.25, 0.3) is 0 Å². The van der Waals surface area contributed by atoms with Gasteiger partial charge >= 0.3 is 0 Å². The molecular weight excluding hydrogens is 198 g/mol. The van der Waals surface area contributed by atoms with Crippen molar-refractivity contribution < 1.29 is 4.74 Å². The van der Waals surface area contributed by atoms with Crippen molar-refractivity contribution in [3.63, 3.8) is 0 Å². The molecule has 0 aliphatic heterocycles. The molecule has 2 nitrogen and oxygen atoms in total. The highest BCUT2D eigenvalue weighted by Gasteiger charge is 2.33. The standard InChI is InChI=1S/C14H29NO/c1-7-10-15-13(11-12(4)5)14(8-2,9-3)16-6/h11,13,15H,7-10H2,1-6H3. The number of nitrogens with one attached hydrogen (secondary N) is 1. The van der Waals surface area contributed by atoms with E-state index in [4.69, 9.17) is 4.74 Å². The maximum absolute atomic E-state index is 5.79. The van der Waals surface area contributed by atoms with E-state index in [2.05, 4.69) is 46.0 Å². The Morgan fingerprint density at radius 2 is 1.81 bits per heavy atom. The number of methoxy groups -OCH3 is 1. The highest BCUT2D eigenvalue weighted by atomic mass is 16.5. The summed E-state index contributed by atoms with van der Waals surface area (Å²) in [5.74, 6) is 0. The third-order valence-electron chi connectivity index (χ3n) is 3.28. The molecule has 0 radical (unpaired) electrons. The molecule has 0 aromatic rings. The lowest BCUT2D eigenvalue weighted by Gasteiger charge is -2.37. The van der Waals surface area contributed by atoms with Gasteiger partial charge in [-0.15, -0.1) is 0 Å². The van der Waals surface area contributed by atoms with E-state index in [-0.39, 0.29) is 5.60 Å². The lowest BCUT2D eigenvalue weighted by Crippen LogP contribution is -2.50. The highest BCUT2D eigenvalue weighted by molar-refractivity contribution is 5.09. The molecule has 1 unspecified atom stereocenters. The first-order chi connectivity index (χ1) is 7.56.